The molecule has 0 spiro atoms. The van der Waals surface area contributed by atoms with E-state index in [9.17, 15) is 19.2 Å². The summed E-state index contributed by atoms with van der Waals surface area (Å²) in [5.41, 5.74) is 1.41. The van der Waals surface area contributed by atoms with Crippen LogP contribution in [0.4, 0.5) is 10.5 Å². The molecule has 1 aliphatic heterocycles. The van der Waals surface area contributed by atoms with Crippen LogP contribution in [0.5, 0.6) is 11.5 Å². The lowest BCUT2D eigenvalue weighted by molar-refractivity contribution is -0.122. The predicted octanol–water partition coefficient (Wildman–Crippen LogP) is 5.42. The molecule has 0 unspecified atom stereocenters. The number of hydrogen-bond donors (Lipinski definition) is 1. The Morgan fingerprint density at radius 3 is 2.33 bits per heavy atom. The zero-order valence-corrected chi connectivity index (χ0v) is 22.3. The van der Waals surface area contributed by atoms with Crippen molar-refractivity contribution in [3.05, 3.63) is 93.0 Å². The average Bonchev–Trinajstić information content (AvgIpc) is 2.92. The third-order valence-corrected chi connectivity index (χ3v) is 6.34. The second-order valence-corrected chi connectivity index (χ2v) is 8.99. The molecule has 39 heavy (non-hydrogen) atoms. The van der Waals surface area contributed by atoms with Gasteiger partial charge in [-0.15, -0.1) is 0 Å². The maximum Gasteiger partial charge on any atom is 0.337 e. The molecule has 0 aromatic heterocycles. The SMILES string of the molecule is CCOc1cc(/C=C2\C(=O)NC(=O)N(c3ccc(C(=O)OC)cc3)C2=O)ccc1OCc1ccc(Cl)c(Cl)c1. The summed E-state index contributed by atoms with van der Waals surface area (Å²) in [6.45, 7) is 2.34. The summed E-state index contributed by atoms with van der Waals surface area (Å²) in [6.07, 6.45) is 1.35. The van der Waals surface area contributed by atoms with Gasteiger partial charge < -0.3 is 14.2 Å². The molecule has 11 heteroatoms. The molecule has 0 saturated carbocycles. The van der Waals surface area contributed by atoms with Crippen molar-refractivity contribution in [3.8, 4) is 11.5 Å². The van der Waals surface area contributed by atoms with Gasteiger partial charge in [-0.3, -0.25) is 14.9 Å². The third kappa shape index (κ3) is 6.22. The Labute approximate surface area is 233 Å². The summed E-state index contributed by atoms with van der Waals surface area (Å²) >= 11 is 12.0. The molecule has 1 fully saturated rings. The van der Waals surface area contributed by atoms with Crippen LogP contribution in [0.1, 0.15) is 28.4 Å². The van der Waals surface area contributed by atoms with Crippen LogP contribution in [0, 0.1) is 0 Å². The Bertz CT molecular complexity index is 1490. The molecule has 3 aromatic carbocycles. The molecule has 0 aliphatic carbocycles. The molecule has 4 rings (SSSR count). The number of imide groups is 2. The Morgan fingerprint density at radius 1 is 0.923 bits per heavy atom. The number of hydrogen-bond acceptors (Lipinski definition) is 7. The zero-order valence-electron chi connectivity index (χ0n) is 20.8. The maximum absolute atomic E-state index is 13.2. The number of amides is 4. The van der Waals surface area contributed by atoms with Crippen LogP contribution >= 0.6 is 23.2 Å². The van der Waals surface area contributed by atoms with Crippen LogP contribution < -0.4 is 19.7 Å². The van der Waals surface area contributed by atoms with Gasteiger partial charge in [-0.25, -0.2) is 14.5 Å². The average molecular weight is 569 g/mol. The number of esters is 1. The number of ether oxygens (including phenoxy) is 3. The number of rotatable bonds is 8. The Hall–Kier alpha value is -4.34. The van der Waals surface area contributed by atoms with Gasteiger partial charge in [-0.2, -0.15) is 0 Å². The zero-order chi connectivity index (χ0) is 28.1. The van der Waals surface area contributed by atoms with Crippen LogP contribution in [-0.4, -0.2) is 37.5 Å². The monoisotopic (exact) mass is 568 g/mol. The molecule has 0 atom stereocenters. The quantitative estimate of drug-likeness (QED) is 0.219. The highest BCUT2D eigenvalue weighted by Gasteiger charge is 2.37. The van der Waals surface area contributed by atoms with E-state index in [1.807, 2.05) is 0 Å². The molecule has 4 amide bonds. The van der Waals surface area contributed by atoms with Crippen LogP contribution in [-0.2, 0) is 20.9 Å². The van der Waals surface area contributed by atoms with Gasteiger partial charge in [0.25, 0.3) is 11.8 Å². The number of nitrogens with zero attached hydrogens (tertiary/aromatic N) is 1. The first-order valence-corrected chi connectivity index (χ1v) is 12.4. The van der Waals surface area contributed by atoms with E-state index in [-0.39, 0.29) is 23.4 Å². The first-order chi connectivity index (χ1) is 18.7. The van der Waals surface area contributed by atoms with Gasteiger partial charge in [0.1, 0.15) is 12.2 Å². The fourth-order valence-corrected chi connectivity index (χ4v) is 4.04. The van der Waals surface area contributed by atoms with Crippen LogP contribution in [0.25, 0.3) is 6.08 Å². The topological polar surface area (TPSA) is 111 Å². The number of halogens is 2. The fourth-order valence-electron chi connectivity index (χ4n) is 3.72. The van der Waals surface area contributed by atoms with Crippen molar-refractivity contribution < 1.29 is 33.4 Å². The molecular formula is C28H22Cl2N2O7. The van der Waals surface area contributed by atoms with Crippen molar-refractivity contribution in [2.45, 2.75) is 13.5 Å². The van der Waals surface area contributed by atoms with E-state index in [1.165, 1.54) is 37.5 Å². The molecule has 1 N–H and O–H groups in total. The van der Waals surface area contributed by atoms with Crippen molar-refractivity contribution in [3.63, 3.8) is 0 Å². The number of urea groups is 1. The van der Waals surface area contributed by atoms with Crippen molar-refractivity contribution in [1.29, 1.82) is 0 Å². The third-order valence-electron chi connectivity index (χ3n) is 5.61. The highest BCUT2D eigenvalue weighted by Crippen LogP contribution is 2.32. The minimum atomic E-state index is -0.908. The van der Waals surface area contributed by atoms with Gasteiger partial charge in [0.2, 0.25) is 0 Å². The van der Waals surface area contributed by atoms with Gasteiger partial charge in [0.05, 0.1) is 35.0 Å². The largest absolute Gasteiger partial charge is 0.490 e. The van der Waals surface area contributed by atoms with E-state index in [4.69, 9.17) is 32.7 Å². The Kier molecular flexibility index (Phi) is 8.53. The maximum atomic E-state index is 13.2. The van der Waals surface area contributed by atoms with Crippen LogP contribution in [0.15, 0.2) is 66.2 Å². The van der Waals surface area contributed by atoms with Crippen molar-refractivity contribution in [2.75, 3.05) is 18.6 Å². The first-order valence-electron chi connectivity index (χ1n) is 11.6. The smallest absolute Gasteiger partial charge is 0.337 e. The molecule has 3 aromatic rings. The lowest BCUT2D eigenvalue weighted by atomic mass is 10.1. The normalized spacial score (nSPS) is 14.3. The van der Waals surface area contributed by atoms with Gasteiger partial charge >= 0.3 is 12.0 Å². The summed E-state index contributed by atoms with van der Waals surface area (Å²) in [7, 11) is 1.24. The lowest BCUT2D eigenvalue weighted by Crippen LogP contribution is -2.54. The van der Waals surface area contributed by atoms with Crippen molar-refractivity contribution in [2.24, 2.45) is 0 Å². The van der Waals surface area contributed by atoms with E-state index in [2.05, 4.69) is 10.1 Å². The minimum absolute atomic E-state index is 0.171. The number of barbiturate groups is 1. The number of benzene rings is 3. The highest BCUT2D eigenvalue weighted by atomic mass is 35.5. The summed E-state index contributed by atoms with van der Waals surface area (Å²) in [4.78, 5) is 50.8. The molecule has 200 valence electrons. The molecule has 1 heterocycles. The van der Waals surface area contributed by atoms with E-state index in [0.717, 1.165) is 10.5 Å². The van der Waals surface area contributed by atoms with Crippen molar-refractivity contribution >= 4 is 58.8 Å². The Balaban J connectivity index is 1.59. The standard InChI is InChI=1S/C28H22Cl2N2O7/c1-3-38-24-14-16(5-11-23(24)39-15-17-4-10-21(29)22(30)13-17)12-20-25(33)31-28(36)32(26(20)34)19-8-6-18(7-9-19)27(35)37-2/h4-14H,3,15H2,1-2H3,(H,31,33,36)/b20-12+. The fraction of sp³-hybridized carbons (Fsp3) is 0.143. The van der Waals surface area contributed by atoms with Crippen LogP contribution in [0.3, 0.4) is 0 Å². The number of nitrogens with one attached hydrogen (secondary N) is 1. The highest BCUT2D eigenvalue weighted by molar-refractivity contribution is 6.42. The van der Waals surface area contributed by atoms with Gasteiger partial charge in [0.15, 0.2) is 11.5 Å². The van der Waals surface area contributed by atoms with E-state index >= 15 is 0 Å². The second-order valence-electron chi connectivity index (χ2n) is 8.17. The molecule has 1 aliphatic rings. The van der Waals surface area contributed by atoms with E-state index in [0.29, 0.717) is 33.7 Å². The predicted molar refractivity (Wildman–Crippen MR) is 145 cm³/mol. The molecule has 1 saturated heterocycles. The summed E-state index contributed by atoms with van der Waals surface area (Å²) in [6, 6.07) is 14.8. The van der Waals surface area contributed by atoms with Gasteiger partial charge in [-0.1, -0.05) is 35.3 Å². The van der Waals surface area contributed by atoms with Crippen molar-refractivity contribution in [1.82, 2.24) is 5.32 Å². The molecule has 0 bridgehead atoms. The minimum Gasteiger partial charge on any atom is -0.490 e. The number of methoxy groups -OCH3 is 1. The van der Waals surface area contributed by atoms with Crippen LogP contribution in [0.2, 0.25) is 10.0 Å². The number of carbonyl (C=O) groups excluding carboxylic acids is 4. The van der Waals surface area contributed by atoms with E-state index < -0.39 is 23.8 Å². The lowest BCUT2D eigenvalue weighted by Gasteiger charge is -2.26. The summed E-state index contributed by atoms with van der Waals surface area (Å²) in [5, 5.41) is 3.01. The molecular weight excluding hydrogens is 547 g/mol. The number of carbonyl (C=O) groups is 4. The van der Waals surface area contributed by atoms with Gasteiger partial charge in [0, 0.05) is 0 Å². The molecule has 0 radical (unpaired) electrons. The Morgan fingerprint density at radius 2 is 1.67 bits per heavy atom. The molecule has 9 nitrogen and oxygen atoms in total. The summed E-state index contributed by atoms with van der Waals surface area (Å²) < 4.78 is 16.3. The first kappa shape index (κ1) is 27.7. The van der Waals surface area contributed by atoms with Gasteiger partial charge in [-0.05, 0) is 72.7 Å². The summed E-state index contributed by atoms with van der Waals surface area (Å²) in [5.74, 6) is -1.41. The second kappa shape index (κ2) is 12.0. The number of anilines is 1. The van der Waals surface area contributed by atoms with E-state index in [1.54, 1.807) is 43.3 Å².